The second-order valence-corrected chi connectivity index (χ2v) is 6.17. The van der Waals surface area contributed by atoms with Crippen LogP contribution in [0.2, 0.25) is 5.02 Å². The van der Waals surface area contributed by atoms with Crippen LogP contribution in [0.4, 0.5) is 5.82 Å². The molecule has 1 atom stereocenters. The van der Waals surface area contributed by atoms with Crippen molar-refractivity contribution in [3.8, 4) is 0 Å². The zero-order chi connectivity index (χ0) is 17.6. The number of hydrogen-bond acceptors (Lipinski definition) is 6. The first kappa shape index (κ1) is 17.3. The molecule has 8 heteroatoms. The van der Waals surface area contributed by atoms with E-state index < -0.39 is 0 Å². The zero-order valence-electron chi connectivity index (χ0n) is 14.0. The quantitative estimate of drug-likeness (QED) is 0.604. The van der Waals surface area contributed by atoms with E-state index in [9.17, 15) is 0 Å². The Kier molecular flexibility index (Phi) is 5.55. The predicted molar refractivity (Wildman–Crippen MR) is 98.5 cm³/mol. The van der Waals surface area contributed by atoms with Crippen LogP contribution >= 0.6 is 11.6 Å². The number of aromatic nitrogens is 5. The Morgan fingerprint density at radius 1 is 1.36 bits per heavy atom. The molecule has 0 aliphatic rings. The van der Waals surface area contributed by atoms with Crippen molar-refractivity contribution in [1.82, 2.24) is 24.6 Å². The summed E-state index contributed by atoms with van der Waals surface area (Å²) in [4.78, 5) is 13.2. The number of nitrogens with zero attached hydrogens (tertiary/aromatic N) is 5. The Labute approximate surface area is 151 Å². The fraction of sp³-hybridized carbons (Fsp3) is 0.353. The second-order valence-electron chi connectivity index (χ2n) is 5.77. The fourth-order valence-electron chi connectivity index (χ4n) is 2.82. The molecule has 2 N–H and O–H groups in total. The minimum absolute atomic E-state index is 0.0293. The minimum atomic E-state index is -0.0293. The summed E-state index contributed by atoms with van der Waals surface area (Å²) in [7, 11) is 0. The molecule has 0 aliphatic carbocycles. The van der Waals surface area contributed by atoms with E-state index in [1.54, 1.807) is 35.5 Å². The number of aryl methyl sites for hydroxylation is 1. The van der Waals surface area contributed by atoms with E-state index in [1.165, 1.54) is 6.21 Å². The molecular weight excluding hydrogens is 338 g/mol. The summed E-state index contributed by atoms with van der Waals surface area (Å²) in [6, 6.07) is 3.55. The van der Waals surface area contributed by atoms with Crippen LogP contribution in [-0.2, 0) is 12.8 Å². The number of nitrogens with one attached hydrogen (secondary N) is 2. The van der Waals surface area contributed by atoms with E-state index in [1.807, 2.05) is 0 Å². The van der Waals surface area contributed by atoms with Crippen LogP contribution in [-0.4, -0.2) is 36.8 Å². The third kappa shape index (κ3) is 3.93. The molecule has 0 aliphatic heterocycles. The third-order valence-electron chi connectivity index (χ3n) is 3.96. The van der Waals surface area contributed by atoms with Crippen molar-refractivity contribution in [3.05, 3.63) is 47.3 Å². The molecule has 1 unspecified atom stereocenters. The Bertz CT molecular complexity index is 861. The van der Waals surface area contributed by atoms with Crippen LogP contribution in [0.5, 0.6) is 0 Å². The number of halogens is 1. The van der Waals surface area contributed by atoms with Crippen LogP contribution in [0, 0.1) is 5.41 Å². The van der Waals surface area contributed by atoms with Crippen molar-refractivity contribution in [2.24, 2.45) is 0 Å². The van der Waals surface area contributed by atoms with Crippen molar-refractivity contribution < 1.29 is 0 Å². The molecule has 0 bridgehead atoms. The van der Waals surface area contributed by atoms with Crippen LogP contribution in [0.1, 0.15) is 31.0 Å². The molecule has 0 radical (unpaired) electrons. The predicted octanol–water partition coefficient (Wildman–Crippen LogP) is 3.19. The number of rotatable bonds is 8. The molecule has 0 saturated heterocycles. The Balaban J connectivity index is 1.89. The van der Waals surface area contributed by atoms with Gasteiger partial charge in [0, 0.05) is 30.6 Å². The molecule has 130 valence electrons. The van der Waals surface area contributed by atoms with Gasteiger partial charge in [-0.25, -0.2) is 19.5 Å². The maximum atomic E-state index is 7.49. The average molecular weight is 358 g/mol. The second kappa shape index (κ2) is 8.02. The van der Waals surface area contributed by atoms with Gasteiger partial charge in [0.05, 0.1) is 10.7 Å². The standard InChI is InChI=1S/C17H20ClN7/c1-2-4-13-15(22-11-25-17(13)21-10-23-25)9-12(6-7-19)24-16-14(18)5-3-8-20-16/h3,5,7-8,10-12,19H,2,4,6,9H2,1H3,(H,20,24). The van der Waals surface area contributed by atoms with Crippen LogP contribution in [0.3, 0.4) is 0 Å². The molecule has 25 heavy (non-hydrogen) atoms. The lowest BCUT2D eigenvalue weighted by Crippen LogP contribution is -2.25. The molecule has 3 aromatic heterocycles. The molecule has 0 spiro atoms. The Hall–Kier alpha value is -2.54. The molecule has 3 heterocycles. The summed E-state index contributed by atoms with van der Waals surface area (Å²) in [6.45, 7) is 2.13. The van der Waals surface area contributed by atoms with E-state index in [-0.39, 0.29) is 6.04 Å². The van der Waals surface area contributed by atoms with Gasteiger partial charge >= 0.3 is 0 Å². The van der Waals surface area contributed by atoms with E-state index in [0.717, 1.165) is 29.7 Å². The molecule has 0 fully saturated rings. The van der Waals surface area contributed by atoms with Gasteiger partial charge in [0.25, 0.3) is 0 Å². The lowest BCUT2D eigenvalue weighted by atomic mass is 10.0. The van der Waals surface area contributed by atoms with Gasteiger partial charge in [0.2, 0.25) is 0 Å². The lowest BCUT2D eigenvalue weighted by molar-refractivity contribution is 0.709. The molecule has 0 amide bonds. The number of hydrogen-bond donors (Lipinski definition) is 2. The van der Waals surface area contributed by atoms with Crippen LogP contribution in [0.15, 0.2) is 31.0 Å². The summed E-state index contributed by atoms with van der Waals surface area (Å²) < 4.78 is 1.70. The highest BCUT2D eigenvalue weighted by atomic mass is 35.5. The van der Waals surface area contributed by atoms with Crippen molar-refractivity contribution in [2.75, 3.05) is 5.32 Å². The largest absolute Gasteiger partial charge is 0.365 e. The van der Waals surface area contributed by atoms with Gasteiger partial charge in [-0.3, -0.25) is 0 Å². The van der Waals surface area contributed by atoms with Gasteiger partial charge < -0.3 is 10.7 Å². The van der Waals surface area contributed by atoms with E-state index in [2.05, 4.69) is 32.3 Å². The lowest BCUT2D eigenvalue weighted by Gasteiger charge is -2.19. The van der Waals surface area contributed by atoms with Crippen LogP contribution in [0.25, 0.3) is 5.65 Å². The first-order valence-corrected chi connectivity index (χ1v) is 8.62. The molecule has 0 saturated carbocycles. The number of fused-ring (bicyclic) bond motifs is 1. The van der Waals surface area contributed by atoms with Crippen molar-refractivity contribution in [3.63, 3.8) is 0 Å². The zero-order valence-corrected chi connectivity index (χ0v) is 14.7. The Morgan fingerprint density at radius 3 is 3.00 bits per heavy atom. The van der Waals surface area contributed by atoms with E-state index >= 15 is 0 Å². The first-order chi connectivity index (χ1) is 12.2. The third-order valence-corrected chi connectivity index (χ3v) is 4.26. The Morgan fingerprint density at radius 2 is 2.24 bits per heavy atom. The van der Waals surface area contributed by atoms with Gasteiger partial charge in [-0.2, -0.15) is 5.10 Å². The average Bonchev–Trinajstić information content (AvgIpc) is 3.08. The molecule has 3 rings (SSSR count). The number of pyridine rings is 1. The molecule has 7 nitrogen and oxygen atoms in total. The van der Waals surface area contributed by atoms with Gasteiger partial charge in [-0.05, 0) is 24.8 Å². The fourth-order valence-corrected chi connectivity index (χ4v) is 2.99. The smallest absolute Gasteiger partial charge is 0.162 e. The summed E-state index contributed by atoms with van der Waals surface area (Å²) >= 11 is 6.20. The van der Waals surface area contributed by atoms with Gasteiger partial charge in [0.15, 0.2) is 5.65 Å². The summed E-state index contributed by atoms with van der Waals surface area (Å²) in [5, 5.41) is 15.5. The molecular formula is C17H20ClN7. The van der Waals surface area contributed by atoms with Gasteiger partial charge in [-0.1, -0.05) is 24.9 Å². The van der Waals surface area contributed by atoms with Crippen molar-refractivity contribution >= 4 is 29.3 Å². The highest BCUT2D eigenvalue weighted by molar-refractivity contribution is 6.32. The van der Waals surface area contributed by atoms with Crippen LogP contribution < -0.4 is 5.32 Å². The highest BCUT2D eigenvalue weighted by Gasteiger charge is 2.17. The van der Waals surface area contributed by atoms with E-state index in [4.69, 9.17) is 17.0 Å². The van der Waals surface area contributed by atoms with Gasteiger partial charge in [0.1, 0.15) is 18.5 Å². The summed E-state index contributed by atoms with van der Waals surface area (Å²) in [5.74, 6) is 0.622. The maximum Gasteiger partial charge on any atom is 0.162 e. The number of anilines is 1. The molecule has 3 aromatic rings. The first-order valence-electron chi connectivity index (χ1n) is 8.25. The van der Waals surface area contributed by atoms with E-state index in [0.29, 0.717) is 23.7 Å². The monoisotopic (exact) mass is 357 g/mol. The molecule has 0 aromatic carbocycles. The van der Waals surface area contributed by atoms with Crippen molar-refractivity contribution in [2.45, 2.75) is 38.6 Å². The highest BCUT2D eigenvalue weighted by Crippen LogP contribution is 2.21. The topological polar surface area (TPSA) is 91.9 Å². The summed E-state index contributed by atoms with van der Waals surface area (Å²) in [6.07, 6.45) is 9.40. The minimum Gasteiger partial charge on any atom is -0.365 e. The van der Waals surface area contributed by atoms with Crippen molar-refractivity contribution in [1.29, 1.82) is 5.41 Å². The maximum absolute atomic E-state index is 7.49. The van der Waals surface area contributed by atoms with Gasteiger partial charge in [-0.15, -0.1) is 0 Å². The SMILES string of the molecule is CCCc1c(CC(CC=N)Nc2ncccc2Cl)ncn2ncnc12. The summed E-state index contributed by atoms with van der Waals surface area (Å²) in [5.41, 5.74) is 2.91. The normalized spacial score (nSPS) is 12.2.